The zero-order valence-electron chi connectivity index (χ0n) is 11.8. The first-order valence-corrected chi connectivity index (χ1v) is 6.83. The lowest BCUT2D eigenvalue weighted by atomic mass is 10.1. The molecule has 0 aliphatic carbocycles. The van der Waals surface area contributed by atoms with Crippen molar-refractivity contribution >= 4 is 11.4 Å². The van der Waals surface area contributed by atoms with Gasteiger partial charge in [0.05, 0.1) is 17.6 Å². The molecular weight excluding hydrogens is 268 g/mol. The van der Waals surface area contributed by atoms with E-state index in [1.165, 1.54) is 0 Å². The Morgan fingerprint density at radius 2 is 2.10 bits per heavy atom. The van der Waals surface area contributed by atoms with E-state index in [-0.39, 0.29) is 10.6 Å². The summed E-state index contributed by atoms with van der Waals surface area (Å²) in [5.41, 5.74) is 3.16. The predicted octanol–water partition coefficient (Wildman–Crippen LogP) is 3.17. The van der Waals surface area contributed by atoms with Gasteiger partial charge in [0, 0.05) is 24.8 Å². The van der Waals surface area contributed by atoms with E-state index < -0.39 is 0 Å². The molecule has 2 aromatic rings. The Hall–Kier alpha value is -2.56. The van der Waals surface area contributed by atoms with Crippen molar-refractivity contribution in [3.8, 4) is 5.75 Å². The minimum Gasteiger partial charge on any atom is -0.497 e. The summed E-state index contributed by atoms with van der Waals surface area (Å²) in [7, 11) is 1.65. The van der Waals surface area contributed by atoms with Gasteiger partial charge < -0.3 is 9.64 Å². The highest BCUT2D eigenvalue weighted by Gasteiger charge is 2.26. The monoisotopic (exact) mass is 284 g/mol. The summed E-state index contributed by atoms with van der Waals surface area (Å²) in [5.74, 6) is 0.825. The fourth-order valence-corrected chi connectivity index (χ4v) is 2.81. The number of nitro groups is 1. The molecule has 3 rings (SSSR count). The Balaban J connectivity index is 1.87. The molecule has 21 heavy (non-hydrogen) atoms. The molecule has 1 heterocycles. The van der Waals surface area contributed by atoms with Crippen molar-refractivity contribution < 1.29 is 9.66 Å². The maximum Gasteiger partial charge on any atom is 0.274 e. The molecule has 0 saturated carbocycles. The molecule has 0 fully saturated rings. The van der Waals surface area contributed by atoms with E-state index in [1.54, 1.807) is 19.2 Å². The Bertz CT molecular complexity index is 685. The van der Waals surface area contributed by atoms with E-state index in [4.69, 9.17) is 4.74 Å². The summed E-state index contributed by atoms with van der Waals surface area (Å²) in [6, 6.07) is 13.2. The largest absolute Gasteiger partial charge is 0.497 e. The van der Waals surface area contributed by atoms with Gasteiger partial charge in [-0.05, 0) is 30.2 Å². The molecule has 0 atom stereocenters. The normalized spacial score (nSPS) is 13.1. The molecule has 0 bridgehead atoms. The van der Waals surface area contributed by atoms with Crippen molar-refractivity contribution in [1.29, 1.82) is 0 Å². The number of nitro benzene ring substituents is 1. The van der Waals surface area contributed by atoms with Crippen molar-refractivity contribution in [3.05, 3.63) is 63.7 Å². The third-order valence-corrected chi connectivity index (χ3v) is 3.80. The summed E-state index contributed by atoms with van der Waals surface area (Å²) >= 11 is 0. The van der Waals surface area contributed by atoms with Crippen LogP contribution in [0.15, 0.2) is 42.5 Å². The van der Waals surface area contributed by atoms with Gasteiger partial charge in [0.1, 0.15) is 5.75 Å². The lowest BCUT2D eigenvalue weighted by Gasteiger charge is -2.19. The molecule has 5 heteroatoms. The minimum atomic E-state index is -0.298. The Kier molecular flexibility index (Phi) is 3.48. The van der Waals surface area contributed by atoms with Gasteiger partial charge in [-0.25, -0.2) is 0 Å². The van der Waals surface area contributed by atoms with E-state index in [0.29, 0.717) is 0 Å². The van der Waals surface area contributed by atoms with E-state index in [9.17, 15) is 10.1 Å². The van der Waals surface area contributed by atoms with Gasteiger partial charge in [-0.1, -0.05) is 18.2 Å². The number of anilines is 1. The maximum atomic E-state index is 11.1. The van der Waals surface area contributed by atoms with Gasteiger partial charge in [0.15, 0.2) is 0 Å². The molecule has 0 unspecified atom stereocenters. The minimum absolute atomic E-state index is 0.223. The zero-order chi connectivity index (χ0) is 14.8. The van der Waals surface area contributed by atoms with Gasteiger partial charge in [0.2, 0.25) is 0 Å². The first kappa shape index (κ1) is 13.4. The molecule has 0 radical (unpaired) electrons. The van der Waals surface area contributed by atoms with E-state index >= 15 is 0 Å². The Labute approximate surface area is 122 Å². The Morgan fingerprint density at radius 3 is 2.86 bits per heavy atom. The van der Waals surface area contributed by atoms with Gasteiger partial charge in [-0.2, -0.15) is 0 Å². The molecule has 2 aromatic carbocycles. The second-order valence-electron chi connectivity index (χ2n) is 5.06. The molecule has 0 spiro atoms. The van der Waals surface area contributed by atoms with Crippen LogP contribution in [-0.4, -0.2) is 18.6 Å². The number of benzene rings is 2. The summed E-state index contributed by atoms with van der Waals surface area (Å²) in [6.07, 6.45) is 0.719. The number of hydrogen-bond donors (Lipinski definition) is 0. The second kappa shape index (κ2) is 5.44. The maximum absolute atomic E-state index is 11.1. The smallest absolute Gasteiger partial charge is 0.274 e. The summed E-state index contributed by atoms with van der Waals surface area (Å²) in [6.45, 7) is 1.53. The number of rotatable bonds is 4. The van der Waals surface area contributed by atoms with Crippen molar-refractivity contribution in [1.82, 2.24) is 0 Å². The van der Waals surface area contributed by atoms with Crippen molar-refractivity contribution in [2.24, 2.45) is 0 Å². The summed E-state index contributed by atoms with van der Waals surface area (Å²) in [5, 5.41) is 11.1. The van der Waals surface area contributed by atoms with Crippen LogP contribution >= 0.6 is 0 Å². The van der Waals surface area contributed by atoms with Crippen molar-refractivity contribution in [3.63, 3.8) is 0 Å². The third kappa shape index (κ3) is 2.54. The summed E-state index contributed by atoms with van der Waals surface area (Å²) in [4.78, 5) is 13.0. The van der Waals surface area contributed by atoms with Crippen LogP contribution < -0.4 is 9.64 Å². The van der Waals surface area contributed by atoms with E-state index in [2.05, 4.69) is 4.90 Å². The first-order valence-electron chi connectivity index (χ1n) is 6.83. The number of fused-ring (bicyclic) bond motifs is 1. The number of methoxy groups -OCH3 is 1. The van der Waals surface area contributed by atoms with Crippen molar-refractivity contribution in [2.75, 3.05) is 18.6 Å². The van der Waals surface area contributed by atoms with E-state index in [0.717, 1.165) is 42.1 Å². The van der Waals surface area contributed by atoms with Crippen LogP contribution in [0, 0.1) is 10.1 Å². The van der Waals surface area contributed by atoms with Crippen LogP contribution in [0.25, 0.3) is 0 Å². The SMILES string of the molecule is COc1cccc(CN2CCc3c2cccc3[N+](=O)[O-])c1. The molecule has 1 aliphatic rings. The van der Waals surface area contributed by atoms with E-state index in [1.807, 2.05) is 30.3 Å². The predicted molar refractivity (Wildman–Crippen MR) is 80.8 cm³/mol. The van der Waals surface area contributed by atoms with Crippen LogP contribution in [0.4, 0.5) is 11.4 Å². The molecule has 0 N–H and O–H groups in total. The fourth-order valence-electron chi connectivity index (χ4n) is 2.81. The number of ether oxygens (including phenoxy) is 1. The molecule has 0 saturated heterocycles. The standard InChI is InChI=1S/C16H16N2O3/c1-21-13-5-2-4-12(10-13)11-17-9-8-14-15(17)6-3-7-16(14)18(19)20/h2-7,10H,8-9,11H2,1H3. The fraction of sp³-hybridized carbons (Fsp3) is 0.250. The van der Waals surface area contributed by atoms with Crippen LogP contribution in [-0.2, 0) is 13.0 Å². The molecule has 5 nitrogen and oxygen atoms in total. The van der Waals surface area contributed by atoms with Gasteiger partial charge in [-0.3, -0.25) is 10.1 Å². The molecule has 108 valence electrons. The second-order valence-corrected chi connectivity index (χ2v) is 5.06. The van der Waals surface area contributed by atoms with Gasteiger partial charge in [0.25, 0.3) is 5.69 Å². The first-order chi connectivity index (χ1) is 10.2. The van der Waals surface area contributed by atoms with Crippen molar-refractivity contribution in [2.45, 2.75) is 13.0 Å². The highest BCUT2D eigenvalue weighted by Crippen LogP contribution is 2.35. The molecule has 0 aromatic heterocycles. The topological polar surface area (TPSA) is 55.6 Å². The lowest BCUT2D eigenvalue weighted by molar-refractivity contribution is -0.385. The van der Waals surface area contributed by atoms with Gasteiger partial charge in [-0.15, -0.1) is 0 Å². The average Bonchev–Trinajstić information content (AvgIpc) is 2.90. The molecular formula is C16H16N2O3. The zero-order valence-corrected chi connectivity index (χ0v) is 11.8. The molecule has 1 aliphatic heterocycles. The Morgan fingerprint density at radius 1 is 1.29 bits per heavy atom. The highest BCUT2D eigenvalue weighted by atomic mass is 16.6. The van der Waals surface area contributed by atoms with Crippen LogP contribution in [0.3, 0.4) is 0 Å². The number of hydrogen-bond acceptors (Lipinski definition) is 4. The molecule has 0 amide bonds. The highest BCUT2D eigenvalue weighted by molar-refractivity contribution is 5.65. The van der Waals surface area contributed by atoms with Crippen LogP contribution in [0.2, 0.25) is 0 Å². The van der Waals surface area contributed by atoms with Crippen LogP contribution in [0.1, 0.15) is 11.1 Å². The lowest BCUT2D eigenvalue weighted by Crippen LogP contribution is -2.19. The van der Waals surface area contributed by atoms with Crippen LogP contribution in [0.5, 0.6) is 5.75 Å². The average molecular weight is 284 g/mol. The number of nitrogens with zero attached hydrogens (tertiary/aromatic N) is 2. The van der Waals surface area contributed by atoms with Gasteiger partial charge >= 0.3 is 0 Å². The quantitative estimate of drug-likeness (QED) is 0.639. The summed E-state index contributed by atoms with van der Waals surface area (Å²) < 4.78 is 5.23. The third-order valence-electron chi connectivity index (χ3n) is 3.80.